The third kappa shape index (κ3) is 4.61. The van der Waals surface area contributed by atoms with Gasteiger partial charge in [0.25, 0.3) is 0 Å². The average Bonchev–Trinajstić information content (AvgIpc) is 3.22. The maximum absolute atomic E-state index is 4.95. The smallest absolute Gasteiger partial charge is 0.0750 e. The summed E-state index contributed by atoms with van der Waals surface area (Å²) < 4.78 is 0. The van der Waals surface area contributed by atoms with Crippen LogP contribution in [0, 0.1) is 0 Å². The van der Waals surface area contributed by atoms with E-state index in [1.165, 1.54) is 28.1 Å². The number of aliphatic imine (C=N–C) groups is 1. The molecule has 1 atom stereocenters. The molecule has 0 saturated carbocycles. The summed E-state index contributed by atoms with van der Waals surface area (Å²) in [6.45, 7) is 12.6. The van der Waals surface area contributed by atoms with E-state index in [0.717, 1.165) is 34.7 Å². The molecule has 3 nitrogen and oxygen atoms in total. The molecule has 1 aliphatic heterocycles. The van der Waals surface area contributed by atoms with Crippen LogP contribution in [0.1, 0.15) is 25.8 Å². The maximum Gasteiger partial charge on any atom is 0.0750 e. The molecule has 5 rings (SSSR count). The summed E-state index contributed by atoms with van der Waals surface area (Å²) in [7, 11) is 2.09. The highest BCUT2D eigenvalue weighted by Gasteiger charge is 2.34. The zero-order valence-corrected chi connectivity index (χ0v) is 21.9. The molecule has 2 aliphatic carbocycles. The average molecular weight is 484 g/mol. The SMILES string of the molecule is C=CN(C)C1C=C(C(C)=NC(=C)C2=CCC=CC=C2)C=C2C1=C(C)N(c1ccccc1)c1ccccc12. The number of hydrogen-bond acceptors (Lipinski definition) is 3. The Bertz CT molecular complexity index is 1460. The highest BCUT2D eigenvalue weighted by molar-refractivity contribution is 6.07. The van der Waals surface area contributed by atoms with E-state index in [0.29, 0.717) is 0 Å². The van der Waals surface area contributed by atoms with Gasteiger partial charge in [0.1, 0.15) is 0 Å². The van der Waals surface area contributed by atoms with Gasteiger partial charge < -0.3 is 9.80 Å². The van der Waals surface area contributed by atoms with Gasteiger partial charge in [-0.2, -0.15) is 0 Å². The summed E-state index contributed by atoms with van der Waals surface area (Å²) in [6, 6.07) is 19.3. The molecule has 0 amide bonds. The van der Waals surface area contributed by atoms with Crippen LogP contribution in [0.3, 0.4) is 0 Å². The van der Waals surface area contributed by atoms with Crippen LogP contribution >= 0.6 is 0 Å². The Morgan fingerprint density at radius 1 is 1.05 bits per heavy atom. The van der Waals surface area contributed by atoms with E-state index in [-0.39, 0.29) is 6.04 Å². The van der Waals surface area contributed by atoms with Crippen molar-refractivity contribution in [1.82, 2.24) is 4.90 Å². The topological polar surface area (TPSA) is 18.8 Å². The summed E-state index contributed by atoms with van der Waals surface area (Å²) in [6.07, 6.45) is 17.9. The lowest BCUT2D eigenvalue weighted by Gasteiger charge is -2.41. The van der Waals surface area contributed by atoms with Crippen molar-refractivity contribution in [1.29, 1.82) is 0 Å². The fraction of sp³-hybridized carbons (Fsp3) is 0.147. The molecule has 0 saturated heterocycles. The van der Waals surface area contributed by atoms with Crippen LogP contribution in [0.4, 0.5) is 11.4 Å². The highest BCUT2D eigenvalue weighted by atomic mass is 15.2. The molecule has 1 heterocycles. The molecule has 0 N–H and O–H groups in total. The number of nitrogens with zero attached hydrogens (tertiary/aromatic N) is 3. The van der Waals surface area contributed by atoms with Gasteiger partial charge in [0.15, 0.2) is 0 Å². The highest BCUT2D eigenvalue weighted by Crippen LogP contribution is 2.48. The minimum absolute atomic E-state index is 0.0201. The van der Waals surface area contributed by atoms with E-state index in [1.54, 1.807) is 0 Å². The molecule has 1 unspecified atom stereocenters. The van der Waals surface area contributed by atoms with Gasteiger partial charge in [-0.15, -0.1) is 0 Å². The van der Waals surface area contributed by atoms with Gasteiger partial charge in [-0.25, -0.2) is 0 Å². The van der Waals surface area contributed by atoms with Crippen LogP contribution in [-0.4, -0.2) is 23.7 Å². The predicted molar refractivity (Wildman–Crippen MR) is 159 cm³/mol. The minimum Gasteiger partial charge on any atom is -0.370 e. The van der Waals surface area contributed by atoms with E-state index in [2.05, 4.69) is 135 Å². The third-order valence-corrected chi connectivity index (χ3v) is 7.18. The van der Waals surface area contributed by atoms with Crippen LogP contribution in [0.15, 0.2) is 150 Å². The molecule has 0 spiro atoms. The van der Waals surface area contributed by atoms with E-state index >= 15 is 0 Å². The van der Waals surface area contributed by atoms with Gasteiger partial charge in [-0.1, -0.05) is 79.9 Å². The van der Waals surface area contributed by atoms with E-state index in [9.17, 15) is 0 Å². The molecule has 0 radical (unpaired) electrons. The van der Waals surface area contributed by atoms with Crippen molar-refractivity contribution in [2.75, 3.05) is 11.9 Å². The van der Waals surface area contributed by atoms with Gasteiger partial charge in [0.2, 0.25) is 0 Å². The van der Waals surface area contributed by atoms with E-state index in [4.69, 9.17) is 4.99 Å². The van der Waals surface area contributed by atoms with Crippen LogP contribution < -0.4 is 4.90 Å². The number of anilines is 2. The van der Waals surface area contributed by atoms with Crippen LogP contribution in [0.5, 0.6) is 0 Å². The number of rotatable bonds is 6. The van der Waals surface area contributed by atoms with Crippen molar-refractivity contribution in [3.63, 3.8) is 0 Å². The Morgan fingerprint density at radius 3 is 2.59 bits per heavy atom. The van der Waals surface area contributed by atoms with Gasteiger partial charge in [-0.3, -0.25) is 4.99 Å². The van der Waals surface area contributed by atoms with E-state index in [1.807, 2.05) is 12.3 Å². The first-order valence-corrected chi connectivity index (χ1v) is 12.7. The lowest BCUT2D eigenvalue weighted by atomic mass is 9.80. The van der Waals surface area contributed by atoms with Crippen LogP contribution in [0.2, 0.25) is 0 Å². The first-order valence-electron chi connectivity index (χ1n) is 12.7. The quantitative estimate of drug-likeness (QED) is 0.385. The first-order chi connectivity index (χ1) is 18.0. The predicted octanol–water partition coefficient (Wildman–Crippen LogP) is 8.30. The number of allylic oxidation sites excluding steroid dienone is 8. The second-order valence-electron chi connectivity index (χ2n) is 9.49. The molecule has 2 aromatic carbocycles. The first kappa shape index (κ1) is 24.3. The van der Waals surface area contributed by atoms with E-state index < -0.39 is 0 Å². The summed E-state index contributed by atoms with van der Waals surface area (Å²) >= 11 is 0. The second kappa shape index (κ2) is 10.3. The lowest BCUT2D eigenvalue weighted by Crippen LogP contribution is -2.35. The maximum atomic E-state index is 4.95. The molecule has 3 heteroatoms. The monoisotopic (exact) mass is 483 g/mol. The number of hydrogen-bond donors (Lipinski definition) is 0. The van der Waals surface area contributed by atoms with Crippen molar-refractivity contribution in [2.24, 2.45) is 4.99 Å². The fourth-order valence-electron chi connectivity index (χ4n) is 5.22. The second-order valence-corrected chi connectivity index (χ2v) is 9.49. The molecule has 2 aromatic rings. The Morgan fingerprint density at radius 2 is 1.81 bits per heavy atom. The fourth-order valence-corrected chi connectivity index (χ4v) is 5.22. The number of para-hydroxylation sites is 2. The third-order valence-electron chi connectivity index (χ3n) is 7.18. The molecule has 184 valence electrons. The molecule has 37 heavy (non-hydrogen) atoms. The Labute approximate surface area is 220 Å². The number of benzene rings is 2. The van der Waals surface area contributed by atoms with Crippen molar-refractivity contribution >= 4 is 22.7 Å². The minimum atomic E-state index is 0.0201. The Kier molecular flexibility index (Phi) is 6.78. The molecule has 0 fully saturated rings. The standard InChI is InChI=1S/C34H33N3/c1-6-36(5)33-23-28(25(3)35-24(2)27-16-10-7-8-11-17-27)22-31-30-20-14-15-21-32(30)37(26(4)34(31)33)29-18-12-9-13-19-29/h6-10,12-23,33H,1-2,11H2,3-5H3. The van der Waals surface area contributed by atoms with Crippen LogP contribution in [-0.2, 0) is 0 Å². The largest absolute Gasteiger partial charge is 0.370 e. The summed E-state index contributed by atoms with van der Waals surface area (Å²) in [4.78, 5) is 9.49. The summed E-state index contributed by atoms with van der Waals surface area (Å²) in [5.74, 6) is 0. The van der Waals surface area contributed by atoms with Crippen LogP contribution in [0.25, 0.3) is 5.57 Å². The number of fused-ring (bicyclic) bond motifs is 3. The van der Waals surface area contributed by atoms with Crippen molar-refractivity contribution < 1.29 is 0 Å². The molecule has 0 aromatic heterocycles. The molecular weight excluding hydrogens is 450 g/mol. The van der Waals surface area contributed by atoms with Crippen molar-refractivity contribution in [2.45, 2.75) is 26.3 Å². The summed E-state index contributed by atoms with van der Waals surface area (Å²) in [5, 5.41) is 0. The van der Waals surface area contributed by atoms with Gasteiger partial charge in [-0.05, 0) is 73.5 Å². The zero-order chi connectivity index (χ0) is 25.9. The van der Waals surface area contributed by atoms with Crippen molar-refractivity contribution in [3.8, 4) is 0 Å². The summed E-state index contributed by atoms with van der Waals surface area (Å²) in [5.41, 5.74) is 11.2. The van der Waals surface area contributed by atoms with Gasteiger partial charge in [0.05, 0.1) is 17.4 Å². The number of likely N-dealkylation sites (N-methyl/N-ethyl adjacent to an activating group) is 1. The van der Waals surface area contributed by atoms with Crippen molar-refractivity contribution in [3.05, 3.63) is 150 Å². The van der Waals surface area contributed by atoms with Gasteiger partial charge in [0, 0.05) is 35.3 Å². The zero-order valence-electron chi connectivity index (χ0n) is 21.9. The van der Waals surface area contributed by atoms with Gasteiger partial charge >= 0.3 is 0 Å². The Balaban J connectivity index is 1.64. The lowest BCUT2D eigenvalue weighted by molar-refractivity contribution is 0.427. The Hall–Kier alpha value is -4.37. The molecule has 0 bridgehead atoms. The normalized spacial score (nSPS) is 18.8. The molecule has 3 aliphatic rings. The molecular formula is C34H33N3.